The van der Waals surface area contributed by atoms with E-state index in [9.17, 15) is 4.79 Å². The first-order valence-electron chi connectivity index (χ1n) is 4.97. The van der Waals surface area contributed by atoms with Crippen LogP contribution in [0.15, 0.2) is 16.6 Å². The molecule has 0 amide bonds. The van der Waals surface area contributed by atoms with E-state index in [1.54, 1.807) is 11.9 Å². The summed E-state index contributed by atoms with van der Waals surface area (Å²) in [5.41, 5.74) is 2.02. The van der Waals surface area contributed by atoms with Crippen molar-refractivity contribution in [3.63, 3.8) is 0 Å². The lowest BCUT2D eigenvalue weighted by Gasteiger charge is -2.11. The van der Waals surface area contributed by atoms with Gasteiger partial charge in [0.25, 0.3) is 0 Å². The van der Waals surface area contributed by atoms with Gasteiger partial charge in [0.05, 0.1) is 10.2 Å². The number of carbonyl (C=O) groups is 1. The lowest BCUT2D eigenvalue weighted by atomic mass is 10.2. The summed E-state index contributed by atoms with van der Waals surface area (Å²) in [6.07, 6.45) is 0. The van der Waals surface area contributed by atoms with Crippen LogP contribution in [0.1, 0.15) is 5.56 Å². The number of carboxylic acid groups (broad SMARTS) is 1. The van der Waals surface area contributed by atoms with E-state index in [4.69, 9.17) is 5.11 Å². The number of fused-ring (bicyclic) bond motifs is 1. The Morgan fingerprint density at radius 2 is 2.29 bits per heavy atom. The van der Waals surface area contributed by atoms with Gasteiger partial charge in [-0.2, -0.15) is 0 Å². The van der Waals surface area contributed by atoms with Crippen LogP contribution >= 0.6 is 27.3 Å². The van der Waals surface area contributed by atoms with Gasteiger partial charge in [-0.15, -0.1) is 0 Å². The number of hydrogen-bond donors (Lipinski definition) is 1. The molecule has 2 rings (SSSR count). The summed E-state index contributed by atoms with van der Waals surface area (Å²) in [7, 11) is 1.73. The molecule has 4 nitrogen and oxygen atoms in total. The summed E-state index contributed by atoms with van der Waals surface area (Å²) >= 11 is 4.94. The number of halogens is 1. The average Bonchev–Trinajstić information content (AvgIpc) is 2.60. The van der Waals surface area contributed by atoms with E-state index in [1.165, 1.54) is 11.3 Å². The molecule has 1 aromatic carbocycles. The zero-order chi connectivity index (χ0) is 12.6. The highest BCUT2D eigenvalue weighted by Gasteiger charge is 2.12. The number of nitrogens with zero attached hydrogens (tertiary/aromatic N) is 2. The smallest absolute Gasteiger partial charge is 0.323 e. The monoisotopic (exact) mass is 314 g/mol. The molecule has 0 aliphatic heterocycles. The second kappa shape index (κ2) is 4.62. The molecule has 0 atom stereocenters. The van der Waals surface area contributed by atoms with Gasteiger partial charge in [-0.1, -0.05) is 27.3 Å². The molecular formula is C11H11BrN2O2S. The normalized spacial score (nSPS) is 10.8. The number of aromatic nitrogens is 1. The topological polar surface area (TPSA) is 53.4 Å². The lowest BCUT2D eigenvalue weighted by molar-refractivity contribution is -0.135. The highest BCUT2D eigenvalue weighted by molar-refractivity contribution is 9.10. The van der Waals surface area contributed by atoms with E-state index in [0.717, 1.165) is 25.4 Å². The number of thiazole rings is 1. The summed E-state index contributed by atoms with van der Waals surface area (Å²) in [4.78, 5) is 16.8. The Morgan fingerprint density at radius 3 is 2.94 bits per heavy atom. The fraction of sp³-hybridized carbons (Fsp3) is 0.273. The van der Waals surface area contributed by atoms with Crippen LogP contribution < -0.4 is 4.90 Å². The van der Waals surface area contributed by atoms with Crippen molar-refractivity contribution < 1.29 is 9.90 Å². The van der Waals surface area contributed by atoms with Gasteiger partial charge < -0.3 is 10.0 Å². The van der Waals surface area contributed by atoms with Crippen molar-refractivity contribution in [2.24, 2.45) is 0 Å². The fourth-order valence-electron chi connectivity index (χ4n) is 1.58. The van der Waals surface area contributed by atoms with Crippen LogP contribution in [-0.2, 0) is 4.79 Å². The molecule has 1 aromatic heterocycles. The van der Waals surface area contributed by atoms with Gasteiger partial charge in [-0.25, -0.2) is 4.98 Å². The Labute approximate surface area is 111 Å². The van der Waals surface area contributed by atoms with Gasteiger partial charge in [-0.05, 0) is 24.6 Å². The second-order valence-corrected chi connectivity index (χ2v) is 5.74. The first-order valence-corrected chi connectivity index (χ1v) is 6.58. The molecule has 0 aliphatic carbocycles. The molecule has 0 radical (unpaired) electrons. The quantitative estimate of drug-likeness (QED) is 0.946. The molecule has 0 saturated heterocycles. The van der Waals surface area contributed by atoms with E-state index >= 15 is 0 Å². The van der Waals surface area contributed by atoms with Crippen LogP contribution in [0.4, 0.5) is 5.13 Å². The third-order valence-electron chi connectivity index (χ3n) is 2.34. The number of carboxylic acids is 1. The number of aryl methyl sites for hydroxylation is 1. The molecule has 2 aromatic rings. The maximum Gasteiger partial charge on any atom is 0.323 e. The van der Waals surface area contributed by atoms with E-state index in [1.807, 2.05) is 19.1 Å². The minimum atomic E-state index is -0.857. The first-order chi connectivity index (χ1) is 7.97. The highest BCUT2D eigenvalue weighted by atomic mass is 79.9. The van der Waals surface area contributed by atoms with Crippen LogP contribution in [0.3, 0.4) is 0 Å². The van der Waals surface area contributed by atoms with Gasteiger partial charge in [0, 0.05) is 11.5 Å². The Balaban J connectivity index is 2.44. The van der Waals surface area contributed by atoms with Crippen LogP contribution in [-0.4, -0.2) is 29.7 Å². The van der Waals surface area contributed by atoms with Gasteiger partial charge in [-0.3, -0.25) is 4.79 Å². The standard InChI is InChI=1S/C11H11BrN2O2S/c1-6-3-7(12)4-8-10(6)13-11(17-8)14(2)5-9(15)16/h3-4H,5H2,1-2H3,(H,15,16). The lowest BCUT2D eigenvalue weighted by Crippen LogP contribution is -2.24. The van der Waals surface area contributed by atoms with Crippen molar-refractivity contribution in [3.8, 4) is 0 Å². The molecule has 0 unspecified atom stereocenters. The summed E-state index contributed by atoms with van der Waals surface area (Å²) in [5, 5.41) is 9.47. The summed E-state index contributed by atoms with van der Waals surface area (Å²) in [5.74, 6) is -0.857. The molecule has 1 N–H and O–H groups in total. The van der Waals surface area contributed by atoms with E-state index in [-0.39, 0.29) is 6.54 Å². The van der Waals surface area contributed by atoms with Crippen LogP contribution in [0.2, 0.25) is 0 Å². The summed E-state index contributed by atoms with van der Waals surface area (Å²) < 4.78 is 2.07. The number of aliphatic carboxylic acids is 1. The molecule has 6 heteroatoms. The van der Waals surface area contributed by atoms with Crippen LogP contribution in [0.5, 0.6) is 0 Å². The van der Waals surface area contributed by atoms with Crippen molar-refractivity contribution in [2.75, 3.05) is 18.5 Å². The number of anilines is 1. The van der Waals surface area contributed by atoms with Crippen molar-refractivity contribution in [1.29, 1.82) is 0 Å². The highest BCUT2D eigenvalue weighted by Crippen LogP contribution is 2.32. The molecule has 1 heterocycles. The third-order valence-corrected chi connectivity index (χ3v) is 3.91. The van der Waals surface area contributed by atoms with Crippen molar-refractivity contribution >= 4 is 48.6 Å². The van der Waals surface area contributed by atoms with E-state index in [2.05, 4.69) is 20.9 Å². The zero-order valence-corrected chi connectivity index (χ0v) is 11.8. The zero-order valence-electron chi connectivity index (χ0n) is 9.40. The molecule has 90 valence electrons. The maximum absolute atomic E-state index is 10.6. The van der Waals surface area contributed by atoms with E-state index in [0.29, 0.717) is 0 Å². The average molecular weight is 315 g/mol. The van der Waals surface area contributed by atoms with Crippen molar-refractivity contribution in [3.05, 3.63) is 22.2 Å². The molecule has 0 spiro atoms. The predicted octanol–water partition coefficient (Wildman–Crippen LogP) is 2.89. The van der Waals surface area contributed by atoms with Crippen molar-refractivity contribution in [1.82, 2.24) is 4.98 Å². The second-order valence-electron chi connectivity index (χ2n) is 3.82. The number of hydrogen-bond acceptors (Lipinski definition) is 4. The molecular weight excluding hydrogens is 304 g/mol. The van der Waals surface area contributed by atoms with Crippen LogP contribution in [0, 0.1) is 6.92 Å². The molecule has 17 heavy (non-hydrogen) atoms. The number of benzene rings is 1. The predicted molar refractivity (Wildman–Crippen MR) is 73.0 cm³/mol. The van der Waals surface area contributed by atoms with Crippen LogP contribution in [0.25, 0.3) is 10.2 Å². The number of rotatable bonds is 3. The van der Waals surface area contributed by atoms with Gasteiger partial charge in [0.1, 0.15) is 6.54 Å². The SMILES string of the molecule is Cc1cc(Br)cc2sc(N(C)CC(=O)O)nc12. The largest absolute Gasteiger partial charge is 0.480 e. The van der Waals surface area contributed by atoms with E-state index < -0.39 is 5.97 Å². The minimum Gasteiger partial charge on any atom is -0.480 e. The molecule has 0 fully saturated rings. The Kier molecular flexibility index (Phi) is 3.35. The Morgan fingerprint density at radius 1 is 1.59 bits per heavy atom. The maximum atomic E-state index is 10.6. The molecule has 0 bridgehead atoms. The minimum absolute atomic E-state index is 0.0416. The fourth-order valence-corrected chi connectivity index (χ4v) is 3.34. The first kappa shape index (κ1) is 12.3. The third kappa shape index (κ3) is 2.58. The summed E-state index contributed by atoms with van der Waals surface area (Å²) in [6, 6.07) is 4.00. The summed E-state index contributed by atoms with van der Waals surface area (Å²) in [6.45, 7) is 1.95. The Hall–Kier alpha value is -1.14. The number of likely N-dealkylation sites (N-methyl/N-ethyl adjacent to an activating group) is 1. The Bertz CT molecular complexity index is 582. The van der Waals surface area contributed by atoms with Gasteiger partial charge >= 0.3 is 5.97 Å². The van der Waals surface area contributed by atoms with Crippen molar-refractivity contribution in [2.45, 2.75) is 6.92 Å². The van der Waals surface area contributed by atoms with Gasteiger partial charge in [0.2, 0.25) is 0 Å². The molecule has 0 saturated carbocycles. The molecule has 0 aliphatic rings. The van der Waals surface area contributed by atoms with Gasteiger partial charge in [0.15, 0.2) is 5.13 Å².